The molecule has 0 aliphatic heterocycles. The smallest absolute Gasteiger partial charge is 0.305 e. The molecule has 1 saturated carbocycles. The number of Topliss-reactive ketones (excluding diaryl/α,β-unsaturated/α-hetero) is 1. The van der Waals surface area contributed by atoms with Crippen molar-refractivity contribution in [3.8, 4) is 0 Å². The highest BCUT2D eigenvalue weighted by molar-refractivity contribution is 5.85. The molecule has 0 aromatic rings. The van der Waals surface area contributed by atoms with Crippen LogP contribution >= 0.6 is 0 Å². The van der Waals surface area contributed by atoms with Gasteiger partial charge in [0.2, 0.25) is 0 Å². The highest BCUT2D eigenvalue weighted by atomic mass is 16.5. The van der Waals surface area contributed by atoms with E-state index in [-0.39, 0.29) is 17.8 Å². The molecule has 3 heteroatoms. The van der Waals surface area contributed by atoms with Crippen LogP contribution in [0.15, 0.2) is 0 Å². The number of hydrogen-bond donors (Lipinski definition) is 0. The van der Waals surface area contributed by atoms with Gasteiger partial charge in [-0.15, -0.1) is 0 Å². The first-order valence-electron chi connectivity index (χ1n) is 7.83. The Labute approximate surface area is 117 Å². The van der Waals surface area contributed by atoms with Crippen LogP contribution in [0, 0.1) is 17.8 Å². The maximum atomic E-state index is 12.4. The SMILES string of the molecule is CCCOC(=O)CCC1CCC(CC)C(CC)C1=O. The molecule has 0 aromatic carbocycles. The van der Waals surface area contributed by atoms with Gasteiger partial charge in [0.25, 0.3) is 0 Å². The van der Waals surface area contributed by atoms with Gasteiger partial charge in [0.15, 0.2) is 0 Å². The zero-order valence-electron chi connectivity index (χ0n) is 12.6. The molecule has 1 rings (SSSR count). The maximum absolute atomic E-state index is 12.4. The molecule has 0 bridgehead atoms. The van der Waals surface area contributed by atoms with Gasteiger partial charge in [-0.2, -0.15) is 0 Å². The number of esters is 1. The van der Waals surface area contributed by atoms with E-state index in [4.69, 9.17) is 4.74 Å². The second kappa shape index (κ2) is 8.34. The lowest BCUT2D eigenvalue weighted by Gasteiger charge is -2.34. The average molecular weight is 268 g/mol. The zero-order chi connectivity index (χ0) is 14.3. The van der Waals surface area contributed by atoms with Crippen LogP contribution in [0.25, 0.3) is 0 Å². The summed E-state index contributed by atoms with van der Waals surface area (Å²) in [7, 11) is 0. The Morgan fingerprint density at radius 1 is 1.21 bits per heavy atom. The van der Waals surface area contributed by atoms with E-state index in [0.717, 1.165) is 32.1 Å². The van der Waals surface area contributed by atoms with E-state index >= 15 is 0 Å². The van der Waals surface area contributed by atoms with Gasteiger partial charge in [0.1, 0.15) is 5.78 Å². The molecule has 0 radical (unpaired) electrons. The highest BCUT2D eigenvalue weighted by Crippen LogP contribution is 2.36. The molecule has 0 amide bonds. The van der Waals surface area contributed by atoms with E-state index in [1.165, 1.54) is 0 Å². The summed E-state index contributed by atoms with van der Waals surface area (Å²) in [5.41, 5.74) is 0. The lowest BCUT2D eigenvalue weighted by atomic mass is 9.70. The van der Waals surface area contributed by atoms with Crippen molar-refractivity contribution < 1.29 is 14.3 Å². The Hall–Kier alpha value is -0.860. The predicted octanol–water partition coefficient (Wildman–Crippen LogP) is 3.75. The van der Waals surface area contributed by atoms with Gasteiger partial charge < -0.3 is 4.74 Å². The van der Waals surface area contributed by atoms with Gasteiger partial charge in [-0.25, -0.2) is 0 Å². The first kappa shape index (κ1) is 16.2. The fourth-order valence-electron chi connectivity index (χ4n) is 3.18. The number of carbonyl (C=O) groups is 2. The standard InChI is InChI=1S/C16H28O3/c1-4-11-19-15(17)10-9-13-8-7-12(5-2)14(6-3)16(13)18/h12-14H,4-11H2,1-3H3. The quantitative estimate of drug-likeness (QED) is 0.660. The van der Waals surface area contributed by atoms with Gasteiger partial charge >= 0.3 is 5.97 Å². The van der Waals surface area contributed by atoms with Crippen LogP contribution in [0.3, 0.4) is 0 Å². The molecule has 1 fully saturated rings. The Bertz CT molecular complexity index is 298. The third kappa shape index (κ3) is 4.63. The Balaban J connectivity index is 2.42. The summed E-state index contributed by atoms with van der Waals surface area (Å²) >= 11 is 0. The van der Waals surface area contributed by atoms with Crippen molar-refractivity contribution in [1.82, 2.24) is 0 Å². The lowest BCUT2D eigenvalue weighted by molar-refractivity contribution is -0.144. The van der Waals surface area contributed by atoms with Crippen molar-refractivity contribution in [3.05, 3.63) is 0 Å². The third-order valence-electron chi connectivity index (χ3n) is 4.35. The largest absolute Gasteiger partial charge is 0.466 e. The Kier molecular flexibility index (Phi) is 7.11. The molecule has 0 aromatic heterocycles. The van der Waals surface area contributed by atoms with Gasteiger partial charge in [0.05, 0.1) is 6.61 Å². The first-order valence-corrected chi connectivity index (χ1v) is 7.83. The fourth-order valence-corrected chi connectivity index (χ4v) is 3.18. The monoisotopic (exact) mass is 268 g/mol. The summed E-state index contributed by atoms with van der Waals surface area (Å²) in [5, 5.41) is 0. The molecule has 0 N–H and O–H groups in total. The number of ketones is 1. The molecule has 110 valence electrons. The van der Waals surface area contributed by atoms with E-state index < -0.39 is 0 Å². The minimum absolute atomic E-state index is 0.0851. The summed E-state index contributed by atoms with van der Waals surface area (Å²) in [6, 6.07) is 0. The van der Waals surface area contributed by atoms with Crippen LogP contribution in [0.5, 0.6) is 0 Å². The van der Waals surface area contributed by atoms with E-state index in [9.17, 15) is 9.59 Å². The summed E-state index contributed by atoms with van der Waals surface area (Å²) in [6.07, 6.45) is 6.04. The second-order valence-corrected chi connectivity index (χ2v) is 5.62. The predicted molar refractivity (Wildman–Crippen MR) is 75.8 cm³/mol. The zero-order valence-corrected chi connectivity index (χ0v) is 12.6. The Morgan fingerprint density at radius 3 is 2.53 bits per heavy atom. The van der Waals surface area contributed by atoms with Crippen LogP contribution in [0.1, 0.15) is 65.7 Å². The minimum Gasteiger partial charge on any atom is -0.466 e. The van der Waals surface area contributed by atoms with Crippen LogP contribution in [-0.2, 0) is 14.3 Å². The fraction of sp³-hybridized carbons (Fsp3) is 0.875. The third-order valence-corrected chi connectivity index (χ3v) is 4.35. The van der Waals surface area contributed by atoms with Gasteiger partial charge in [0, 0.05) is 18.3 Å². The summed E-state index contributed by atoms with van der Waals surface area (Å²) < 4.78 is 5.06. The molecule has 0 spiro atoms. The molecule has 1 aliphatic rings. The van der Waals surface area contributed by atoms with E-state index in [2.05, 4.69) is 13.8 Å². The van der Waals surface area contributed by atoms with Crippen LogP contribution < -0.4 is 0 Å². The second-order valence-electron chi connectivity index (χ2n) is 5.62. The molecule has 1 aliphatic carbocycles. The lowest BCUT2D eigenvalue weighted by Crippen LogP contribution is -2.34. The van der Waals surface area contributed by atoms with Crippen LogP contribution in [0.2, 0.25) is 0 Å². The first-order chi connectivity index (χ1) is 9.13. The van der Waals surface area contributed by atoms with Crippen molar-refractivity contribution in [2.45, 2.75) is 65.7 Å². The van der Waals surface area contributed by atoms with E-state index in [1.807, 2.05) is 6.92 Å². The van der Waals surface area contributed by atoms with Crippen molar-refractivity contribution in [2.75, 3.05) is 6.61 Å². The maximum Gasteiger partial charge on any atom is 0.305 e. The summed E-state index contributed by atoms with van der Waals surface area (Å²) in [4.78, 5) is 23.9. The van der Waals surface area contributed by atoms with Gasteiger partial charge in [-0.05, 0) is 38.0 Å². The van der Waals surface area contributed by atoms with Crippen LogP contribution in [0.4, 0.5) is 0 Å². The summed E-state index contributed by atoms with van der Waals surface area (Å²) in [5.74, 6) is 1.10. The molecule has 0 heterocycles. The molecule has 3 unspecified atom stereocenters. The number of hydrogen-bond acceptors (Lipinski definition) is 3. The average Bonchev–Trinajstić information content (AvgIpc) is 2.43. The molecular weight excluding hydrogens is 240 g/mol. The van der Waals surface area contributed by atoms with Crippen molar-refractivity contribution >= 4 is 11.8 Å². The molecule has 19 heavy (non-hydrogen) atoms. The van der Waals surface area contributed by atoms with Crippen molar-refractivity contribution in [3.63, 3.8) is 0 Å². The van der Waals surface area contributed by atoms with Gasteiger partial charge in [-0.1, -0.05) is 27.2 Å². The van der Waals surface area contributed by atoms with Crippen molar-refractivity contribution in [2.24, 2.45) is 17.8 Å². The Morgan fingerprint density at radius 2 is 1.95 bits per heavy atom. The number of rotatable bonds is 7. The van der Waals surface area contributed by atoms with E-state index in [0.29, 0.717) is 31.1 Å². The number of carbonyl (C=O) groups excluding carboxylic acids is 2. The number of ether oxygens (including phenoxy) is 1. The highest BCUT2D eigenvalue weighted by Gasteiger charge is 2.35. The van der Waals surface area contributed by atoms with E-state index in [1.54, 1.807) is 0 Å². The normalized spacial score (nSPS) is 27.3. The molecule has 3 atom stereocenters. The van der Waals surface area contributed by atoms with Crippen molar-refractivity contribution in [1.29, 1.82) is 0 Å². The molecule has 3 nitrogen and oxygen atoms in total. The minimum atomic E-state index is -0.152. The molecule has 0 saturated heterocycles. The topological polar surface area (TPSA) is 43.4 Å². The molecular formula is C16H28O3. The van der Waals surface area contributed by atoms with Crippen LogP contribution in [-0.4, -0.2) is 18.4 Å². The summed E-state index contributed by atoms with van der Waals surface area (Å²) in [6.45, 7) is 6.74. The van der Waals surface area contributed by atoms with Gasteiger partial charge in [-0.3, -0.25) is 9.59 Å².